The third-order valence-electron chi connectivity index (χ3n) is 9.15. The molecule has 55 heavy (non-hydrogen) atoms. The van der Waals surface area contributed by atoms with E-state index in [2.05, 4.69) is 85.7 Å². The Morgan fingerprint density at radius 1 is 0.400 bits per heavy atom. The Bertz CT molecular complexity index is 2450. The summed E-state index contributed by atoms with van der Waals surface area (Å²) in [5.41, 5.74) is 3.61. The van der Waals surface area contributed by atoms with Crippen LogP contribution in [0, 0.1) is 0 Å². The molecule has 8 rings (SSSR count). The number of ether oxygens (including phenoxy) is 4. The number of fused-ring (bicyclic) bond motifs is 3. The molecule has 0 aliphatic heterocycles. The SMILES string of the molecule is CC(C)(C)c1cc(Oc2ccc3c4ccc(Oc5cc(Oc6ccccn6)cc(C(C)(C)C)c5)cc4n(-c4ncccn4)c3c2)cc(Oc2ccccn2)c1. The smallest absolute Gasteiger partial charge is 0.234 e. The number of benzene rings is 4. The Labute approximate surface area is 320 Å². The monoisotopic (exact) mass is 727 g/mol. The lowest BCUT2D eigenvalue weighted by Crippen LogP contribution is -2.11. The summed E-state index contributed by atoms with van der Waals surface area (Å²) in [4.78, 5) is 18.0. The van der Waals surface area contributed by atoms with Crippen molar-refractivity contribution < 1.29 is 18.9 Å². The summed E-state index contributed by atoms with van der Waals surface area (Å²) in [5, 5.41) is 2.04. The van der Waals surface area contributed by atoms with E-state index in [0.717, 1.165) is 32.9 Å². The molecule has 0 saturated carbocycles. The van der Waals surface area contributed by atoms with E-state index >= 15 is 0 Å². The van der Waals surface area contributed by atoms with Gasteiger partial charge in [-0.05, 0) is 88.7 Å². The minimum atomic E-state index is -0.149. The number of hydrogen-bond donors (Lipinski definition) is 0. The Hall–Kier alpha value is -6.74. The van der Waals surface area contributed by atoms with Gasteiger partial charge in [0.2, 0.25) is 17.7 Å². The van der Waals surface area contributed by atoms with Crippen molar-refractivity contribution >= 4 is 21.8 Å². The highest BCUT2D eigenvalue weighted by molar-refractivity contribution is 6.09. The van der Waals surface area contributed by atoms with Gasteiger partial charge in [0.05, 0.1) is 11.0 Å². The van der Waals surface area contributed by atoms with Crippen LogP contribution < -0.4 is 18.9 Å². The van der Waals surface area contributed by atoms with Crippen LogP contribution in [-0.4, -0.2) is 24.5 Å². The van der Waals surface area contributed by atoms with E-state index in [1.165, 1.54) is 0 Å². The Balaban J connectivity index is 1.18. The zero-order chi connectivity index (χ0) is 38.2. The first kappa shape index (κ1) is 35.3. The maximum atomic E-state index is 6.59. The third kappa shape index (κ3) is 7.82. The molecule has 9 nitrogen and oxygen atoms in total. The van der Waals surface area contributed by atoms with E-state index in [1.807, 2.05) is 89.5 Å². The molecule has 0 aliphatic carbocycles. The summed E-state index contributed by atoms with van der Waals surface area (Å²) in [6.45, 7) is 13.0. The molecule has 0 bridgehead atoms. The van der Waals surface area contributed by atoms with Crippen LogP contribution in [-0.2, 0) is 10.8 Å². The summed E-state index contributed by atoms with van der Waals surface area (Å²) in [6, 6.07) is 37.0. The molecule has 0 fully saturated rings. The topological polar surface area (TPSA) is 93.4 Å². The second-order valence-corrected chi connectivity index (χ2v) is 15.4. The molecule has 0 amide bonds. The minimum Gasteiger partial charge on any atom is -0.457 e. The minimum absolute atomic E-state index is 0.149. The summed E-state index contributed by atoms with van der Waals surface area (Å²) >= 11 is 0. The van der Waals surface area contributed by atoms with Crippen molar-refractivity contribution in [3.8, 4) is 52.2 Å². The standard InChI is InChI=1S/C46H41N5O4/c1-45(2,3)30-22-34(26-36(24-30)54-42-12-7-9-18-47-42)52-32-14-16-38-39-17-15-33(29-41(39)51(40(38)28-32)44-49-20-11-21-50-44)53-35-23-31(46(4,5)6)25-37(27-35)55-43-13-8-10-19-48-43/h7-29H,1-6H3. The number of hydrogen-bond acceptors (Lipinski definition) is 8. The predicted molar refractivity (Wildman–Crippen MR) is 215 cm³/mol. The zero-order valence-corrected chi connectivity index (χ0v) is 31.6. The second-order valence-electron chi connectivity index (χ2n) is 15.4. The van der Waals surface area contributed by atoms with Gasteiger partial charge >= 0.3 is 0 Å². The van der Waals surface area contributed by atoms with Gasteiger partial charge in [0, 0.05) is 72.0 Å². The molecule has 0 N–H and O–H groups in total. The van der Waals surface area contributed by atoms with Gasteiger partial charge in [0.25, 0.3) is 0 Å². The first-order valence-corrected chi connectivity index (χ1v) is 18.2. The van der Waals surface area contributed by atoms with Crippen LogP contribution in [0.4, 0.5) is 0 Å². The first-order valence-electron chi connectivity index (χ1n) is 18.2. The van der Waals surface area contributed by atoms with Crippen LogP contribution >= 0.6 is 0 Å². The van der Waals surface area contributed by atoms with Crippen molar-refractivity contribution in [1.29, 1.82) is 0 Å². The van der Waals surface area contributed by atoms with Crippen molar-refractivity contribution in [3.63, 3.8) is 0 Å². The Morgan fingerprint density at radius 3 is 1.22 bits per heavy atom. The molecule has 0 aliphatic rings. The van der Waals surface area contributed by atoms with E-state index in [9.17, 15) is 0 Å². The van der Waals surface area contributed by atoms with Gasteiger partial charge in [0.15, 0.2) is 0 Å². The van der Waals surface area contributed by atoms with Gasteiger partial charge in [-0.1, -0.05) is 53.7 Å². The van der Waals surface area contributed by atoms with Crippen LogP contribution in [0.2, 0.25) is 0 Å². The van der Waals surface area contributed by atoms with E-state index < -0.39 is 0 Å². The van der Waals surface area contributed by atoms with Crippen molar-refractivity contribution in [3.05, 3.63) is 151 Å². The molecule has 4 heterocycles. The molecular weight excluding hydrogens is 687 g/mol. The molecule has 0 spiro atoms. The van der Waals surface area contributed by atoms with Gasteiger partial charge in [0.1, 0.15) is 34.5 Å². The average molecular weight is 728 g/mol. The number of nitrogens with zero attached hydrogens (tertiary/aromatic N) is 5. The van der Waals surface area contributed by atoms with Crippen molar-refractivity contribution in [2.24, 2.45) is 0 Å². The van der Waals surface area contributed by atoms with Crippen molar-refractivity contribution in [2.75, 3.05) is 0 Å². The molecule has 0 atom stereocenters. The summed E-state index contributed by atoms with van der Waals surface area (Å²) in [6.07, 6.45) is 6.90. The number of aromatic nitrogens is 5. The lowest BCUT2D eigenvalue weighted by atomic mass is 9.87. The Morgan fingerprint density at radius 2 is 0.818 bits per heavy atom. The van der Waals surface area contributed by atoms with E-state index in [0.29, 0.717) is 52.2 Å². The highest BCUT2D eigenvalue weighted by atomic mass is 16.5. The molecule has 8 aromatic rings. The van der Waals surface area contributed by atoms with Crippen molar-refractivity contribution in [1.82, 2.24) is 24.5 Å². The Kier molecular flexibility index (Phi) is 9.14. The van der Waals surface area contributed by atoms with Gasteiger partial charge in [-0.15, -0.1) is 0 Å². The van der Waals surface area contributed by atoms with Crippen LogP contribution in [0.15, 0.2) is 140 Å². The van der Waals surface area contributed by atoms with E-state index in [1.54, 1.807) is 30.9 Å². The predicted octanol–water partition coefficient (Wildman–Crippen LogP) is 12.1. The fourth-order valence-corrected chi connectivity index (χ4v) is 6.30. The second kappa shape index (κ2) is 14.2. The van der Waals surface area contributed by atoms with E-state index in [4.69, 9.17) is 18.9 Å². The maximum absolute atomic E-state index is 6.59. The summed E-state index contributed by atoms with van der Waals surface area (Å²) in [7, 11) is 0. The summed E-state index contributed by atoms with van der Waals surface area (Å²) in [5.74, 6) is 5.44. The van der Waals surface area contributed by atoms with Gasteiger partial charge in [-0.3, -0.25) is 4.57 Å². The molecule has 274 valence electrons. The maximum Gasteiger partial charge on any atom is 0.234 e. The first-order chi connectivity index (χ1) is 26.5. The van der Waals surface area contributed by atoms with E-state index in [-0.39, 0.29) is 10.8 Å². The highest BCUT2D eigenvalue weighted by Crippen LogP contribution is 2.40. The van der Waals surface area contributed by atoms with Gasteiger partial charge in [-0.25, -0.2) is 19.9 Å². The quantitative estimate of drug-likeness (QED) is 0.145. The number of rotatable bonds is 9. The lowest BCUT2D eigenvalue weighted by Gasteiger charge is -2.21. The largest absolute Gasteiger partial charge is 0.457 e. The fourth-order valence-electron chi connectivity index (χ4n) is 6.30. The van der Waals surface area contributed by atoms with Gasteiger partial charge < -0.3 is 18.9 Å². The molecule has 4 aromatic heterocycles. The number of pyridine rings is 2. The average Bonchev–Trinajstić information content (AvgIpc) is 3.48. The lowest BCUT2D eigenvalue weighted by molar-refractivity contribution is 0.443. The third-order valence-corrected chi connectivity index (χ3v) is 9.15. The molecule has 0 radical (unpaired) electrons. The molecule has 9 heteroatoms. The zero-order valence-electron chi connectivity index (χ0n) is 31.6. The molecule has 0 saturated heterocycles. The van der Waals surface area contributed by atoms with Crippen LogP contribution in [0.3, 0.4) is 0 Å². The van der Waals surface area contributed by atoms with Crippen molar-refractivity contribution in [2.45, 2.75) is 52.4 Å². The molecular formula is C46H41N5O4. The fraction of sp³-hybridized carbons (Fsp3) is 0.174. The summed E-state index contributed by atoms with van der Waals surface area (Å²) < 4.78 is 27.5. The molecule has 0 unspecified atom stereocenters. The normalized spacial score (nSPS) is 11.8. The van der Waals surface area contributed by atoms with Crippen LogP contribution in [0.25, 0.3) is 27.8 Å². The highest BCUT2D eigenvalue weighted by Gasteiger charge is 2.21. The van der Waals surface area contributed by atoms with Gasteiger partial charge in [-0.2, -0.15) is 0 Å². The molecule has 4 aromatic carbocycles. The van der Waals surface area contributed by atoms with Crippen LogP contribution in [0.1, 0.15) is 52.7 Å². The van der Waals surface area contributed by atoms with Crippen LogP contribution in [0.5, 0.6) is 46.3 Å².